The second-order valence-electron chi connectivity index (χ2n) is 5.70. The van der Waals surface area contributed by atoms with E-state index in [-0.39, 0.29) is 29.7 Å². The fraction of sp³-hybridized carbons (Fsp3) is 0.611. The van der Waals surface area contributed by atoms with Gasteiger partial charge in [0.2, 0.25) is 0 Å². The van der Waals surface area contributed by atoms with Gasteiger partial charge in [0.1, 0.15) is 17.6 Å². The fourth-order valence-electron chi connectivity index (χ4n) is 2.84. The van der Waals surface area contributed by atoms with Gasteiger partial charge >= 0.3 is 5.97 Å². The van der Waals surface area contributed by atoms with Crippen LogP contribution in [-0.2, 0) is 30.3 Å². The van der Waals surface area contributed by atoms with Gasteiger partial charge in [0.05, 0.1) is 12.7 Å². The first-order chi connectivity index (χ1) is 11.6. The topological polar surface area (TPSA) is 54.0 Å². The number of hydrogen-bond acceptors (Lipinski definition) is 6. The van der Waals surface area contributed by atoms with Crippen LogP contribution in [0.3, 0.4) is 0 Å². The van der Waals surface area contributed by atoms with Crippen LogP contribution in [-0.4, -0.2) is 48.7 Å². The van der Waals surface area contributed by atoms with Crippen LogP contribution in [0, 0.1) is 0 Å². The van der Waals surface area contributed by atoms with E-state index in [1.165, 1.54) is 6.92 Å². The van der Waals surface area contributed by atoms with Crippen LogP contribution >= 0.6 is 11.8 Å². The van der Waals surface area contributed by atoms with Crippen molar-refractivity contribution in [2.24, 2.45) is 0 Å². The molecule has 1 aromatic carbocycles. The lowest BCUT2D eigenvalue weighted by atomic mass is 10.00. The van der Waals surface area contributed by atoms with Gasteiger partial charge in [0, 0.05) is 14.0 Å². The molecule has 0 aromatic heterocycles. The van der Waals surface area contributed by atoms with Gasteiger partial charge < -0.3 is 18.9 Å². The molecular weight excluding hydrogens is 328 g/mol. The number of hydrogen-bond donors (Lipinski definition) is 0. The molecule has 1 saturated heterocycles. The van der Waals surface area contributed by atoms with Gasteiger partial charge in [0.25, 0.3) is 0 Å². The number of esters is 1. The van der Waals surface area contributed by atoms with Gasteiger partial charge in [-0.05, 0) is 18.2 Å². The molecule has 1 aliphatic heterocycles. The summed E-state index contributed by atoms with van der Waals surface area (Å²) < 4.78 is 23.3. The van der Waals surface area contributed by atoms with Crippen molar-refractivity contribution in [1.29, 1.82) is 0 Å². The van der Waals surface area contributed by atoms with E-state index in [9.17, 15) is 4.79 Å². The maximum atomic E-state index is 11.6. The maximum Gasteiger partial charge on any atom is 0.303 e. The van der Waals surface area contributed by atoms with Gasteiger partial charge in [-0.1, -0.05) is 37.3 Å². The van der Waals surface area contributed by atoms with Crippen molar-refractivity contribution in [3.05, 3.63) is 35.9 Å². The summed E-state index contributed by atoms with van der Waals surface area (Å²) in [5, 5.41) is 0. The number of methoxy groups -OCH3 is 1. The molecular formula is C18H26O5S. The first-order valence-electron chi connectivity index (χ1n) is 8.19. The molecule has 5 nitrogen and oxygen atoms in total. The molecule has 0 spiro atoms. The normalized spacial score (nSPS) is 30.1. The maximum absolute atomic E-state index is 11.6. The highest BCUT2D eigenvalue weighted by molar-refractivity contribution is 7.99. The number of rotatable bonds is 7. The largest absolute Gasteiger partial charge is 0.457 e. The molecule has 0 N–H and O–H groups in total. The van der Waals surface area contributed by atoms with E-state index in [0.717, 1.165) is 11.3 Å². The highest BCUT2D eigenvalue weighted by Gasteiger charge is 2.47. The number of carbonyl (C=O) groups is 1. The molecule has 1 aromatic rings. The Kier molecular flexibility index (Phi) is 7.55. The third-order valence-electron chi connectivity index (χ3n) is 3.92. The summed E-state index contributed by atoms with van der Waals surface area (Å²) in [4.78, 5) is 11.6. The van der Waals surface area contributed by atoms with Gasteiger partial charge in [-0.15, -0.1) is 11.8 Å². The van der Waals surface area contributed by atoms with Gasteiger partial charge in [-0.25, -0.2) is 0 Å². The molecule has 0 bridgehead atoms. The van der Waals surface area contributed by atoms with Crippen molar-refractivity contribution in [1.82, 2.24) is 0 Å². The molecule has 0 saturated carbocycles. The average Bonchev–Trinajstić information content (AvgIpc) is 2.55. The zero-order chi connectivity index (χ0) is 17.5. The van der Waals surface area contributed by atoms with E-state index >= 15 is 0 Å². The highest BCUT2D eigenvalue weighted by atomic mass is 32.2. The van der Waals surface area contributed by atoms with Crippen molar-refractivity contribution < 1.29 is 23.7 Å². The number of thioether (sulfide) groups is 1. The summed E-state index contributed by atoms with van der Waals surface area (Å²) in [7, 11) is 1.61. The SMILES string of the molecule is CCS[C@@H]1O[C@@H](C)[C@H](OCc2ccccc2)[C@@H](OC(C)=O)[C@H]1OC. The molecule has 1 fully saturated rings. The summed E-state index contributed by atoms with van der Waals surface area (Å²) in [6.07, 6.45) is -1.44. The van der Waals surface area contributed by atoms with Gasteiger partial charge in [0.15, 0.2) is 6.10 Å². The lowest BCUT2D eigenvalue weighted by Gasteiger charge is -2.44. The Labute approximate surface area is 148 Å². The Bertz CT molecular complexity index is 509. The van der Waals surface area contributed by atoms with Crippen molar-refractivity contribution in [3.8, 4) is 0 Å². The van der Waals surface area contributed by atoms with Crippen LogP contribution in [0.5, 0.6) is 0 Å². The van der Waals surface area contributed by atoms with E-state index in [1.807, 2.05) is 37.3 Å². The Hall–Kier alpha value is -1.08. The van der Waals surface area contributed by atoms with Gasteiger partial charge in [-0.2, -0.15) is 0 Å². The Morgan fingerprint density at radius 3 is 2.50 bits per heavy atom. The molecule has 0 aliphatic carbocycles. The van der Waals surface area contributed by atoms with Crippen LogP contribution in [0.4, 0.5) is 0 Å². The standard InChI is InChI=1S/C18H26O5S/c1-5-24-18-17(20-4)16(23-13(3)19)15(12(2)22-18)21-11-14-9-7-6-8-10-14/h6-10,12,15-18H,5,11H2,1-4H3/t12-,15-,16+,17+,18-/m0/s1. The number of carbonyl (C=O) groups excluding carboxylic acids is 1. The third kappa shape index (κ3) is 4.96. The summed E-state index contributed by atoms with van der Waals surface area (Å²) in [5.41, 5.74) is 0.876. The number of ether oxygens (including phenoxy) is 4. The molecule has 0 unspecified atom stereocenters. The van der Waals surface area contributed by atoms with Crippen LogP contribution in [0.25, 0.3) is 0 Å². The van der Waals surface area contributed by atoms with Crippen molar-refractivity contribution >= 4 is 17.7 Å². The monoisotopic (exact) mass is 354 g/mol. The van der Waals surface area contributed by atoms with E-state index < -0.39 is 6.10 Å². The lowest BCUT2D eigenvalue weighted by Crippen LogP contribution is -2.58. The second kappa shape index (κ2) is 9.42. The minimum Gasteiger partial charge on any atom is -0.457 e. The van der Waals surface area contributed by atoms with E-state index in [2.05, 4.69) is 6.92 Å². The first kappa shape index (κ1) is 19.2. The zero-order valence-electron chi connectivity index (χ0n) is 14.6. The predicted molar refractivity (Wildman–Crippen MR) is 93.8 cm³/mol. The molecule has 24 heavy (non-hydrogen) atoms. The minimum absolute atomic E-state index is 0.184. The average molecular weight is 354 g/mol. The van der Waals surface area contributed by atoms with Crippen LogP contribution in [0.15, 0.2) is 30.3 Å². The molecule has 2 rings (SSSR count). The van der Waals surface area contributed by atoms with Gasteiger partial charge in [-0.3, -0.25) is 4.79 Å². The zero-order valence-corrected chi connectivity index (χ0v) is 15.5. The molecule has 6 heteroatoms. The first-order valence-corrected chi connectivity index (χ1v) is 9.24. The van der Waals surface area contributed by atoms with E-state index in [0.29, 0.717) is 6.61 Å². The van der Waals surface area contributed by atoms with E-state index in [1.54, 1.807) is 18.9 Å². The smallest absolute Gasteiger partial charge is 0.303 e. The lowest BCUT2D eigenvalue weighted by molar-refractivity contribution is -0.229. The minimum atomic E-state index is -0.496. The molecule has 5 atom stereocenters. The summed E-state index contributed by atoms with van der Waals surface area (Å²) >= 11 is 1.64. The van der Waals surface area contributed by atoms with Crippen LogP contribution in [0.1, 0.15) is 26.3 Å². The second-order valence-corrected chi connectivity index (χ2v) is 7.08. The van der Waals surface area contributed by atoms with Crippen LogP contribution in [0.2, 0.25) is 0 Å². The molecule has 0 amide bonds. The Balaban J connectivity index is 2.14. The number of benzene rings is 1. The summed E-state index contributed by atoms with van der Waals surface area (Å²) in [5.74, 6) is 0.546. The molecule has 1 aliphatic rings. The predicted octanol–water partition coefficient (Wildman–Crippen LogP) is 3.02. The fourth-order valence-corrected chi connectivity index (χ4v) is 3.88. The highest BCUT2D eigenvalue weighted by Crippen LogP contribution is 2.33. The molecule has 134 valence electrons. The third-order valence-corrected chi connectivity index (χ3v) is 4.96. The summed E-state index contributed by atoms with van der Waals surface area (Å²) in [6.45, 7) is 5.84. The van der Waals surface area contributed by atoms with Crippen molar-refractivity contribution in [3.63, 3.8) is 0 Å². The molecule has 0 radical (unpaired) electrons. The Morgan fingerprint density at radius 2 is 1.92 bits per heavy atom. The Morgan fingerprint density at radius 1 is 1.21 bits per heavy atom. The van der Waals surface area contributed by atoms with E-state index in [4.69, 9.17) is 18.9 Å². The van der Waals surface area contributed by atoms with Crippen molar-refractivity contribution in [2.75, 3.05) is 12.9 Å². The van der Waals surface area contributed by atoms with Crippen LogP contribution < -0.4 is 0 Å². The quantitative estimate of drug-likeness (QED) is 0.702. The summed E-state index contributed by atoms with van der Waals surface area (Å²) in [6, 6.07) is 9.90. The van der Waals surface area contributed by atoms with Crippen molar-refractivity contribution in [2.45, 2.75) is 57.2 Å². The molecule has 1 heterocycles.